The molecule has 0 bridgehead atoms. The molecule has 2 unspecified atom stereocenters. The summed E-state index contributed by atoms with van der Waals surface area (Å²) in [6, 6.07) is 0. The van der Waals surface area contributed by atoms with Crippen molar-refractivity contribution in [3.8, 4) is 0 Å². The highest BCUT2D eigenvalue weighted by atomic mass is 19.2. The zero-order valence-corrected chi connectivity index (χ0v) is 3.12. The van der Waals surface area contributed by atoms with Gasteiger partial charge in [0.15, 0.2) is 12.6 Å². The Bertz CT molecular complexity index is 44.8. The molecule has 1 rings (SSSR count). The van der Waals surface area contributed by atoms with E-state index >= 15 is 0 Å². The van der Waals surface area contributed by atoms with Crippen molar-refractivity contribution >= 4 is 0 Å². The minimum atomic E-state index is -1.08. The van der Waals surface area contributed by atoms with E-state index in [-0.39, 0.29) is 6.42 Å². The summed E-state index contributed by atoms with van der Waals surface area (Å²) in [7, 11) is 0. The van der Waals surface area contributed by atoms with Crippen molar-refractivity contribution in [3.63, 3.8) is 0 Å². The van der Waals surface area contributed by atoms with Crippen molar-refractivity contribution in [1.29, 1.82) is 0 Å². The first-order valence-corrected chi connectivity index (χ1v) is 1.83. The standard InChI is InChI=1S/C3H5F2N/c4-2-1-3(5)6-2/h2-3,6H,1H2. The van der Waals surface area contributed by atoms with Crippen LogP contribution < -0.4 is 5.32 Å². The Kier molecular flexibility index (Phi) is 0.765. The molecule has 0 aliphatic carbocycles. The molecule has 1 heterocycles. The second-order valence-electron chi connectivity index (χ2n) is 1.34. The number of alkyl halides is 2. The molecule has 0 aromatic rings. The first kappa shape index (κ1) is 3.99. The number of halogens is 2. The van der Waals surface area contributed by atoms with E-state index in [0.29, 0.717) is 0 Å². The Morgan fingerprint density at radius 3 is 1.67 bits per heavy atom. The Balaban J connectivity index is 2.11. The quantitative estimate of drug-likeness (QED) is 0.432. The molecule has 3 heteroatoms. The minimum absolute atomic E-state index is 0.0278. The van der Waals surface area contributed by atoms with E-state index in [1.807, 2.05) is 5.32 Å². The van der Waals surface area contributed by atoms with Crippen LogP contribution in [0.4, 0.5) is 8.78 Å². The minimum Gasteiger partial charge on any atom is -0.258 e. The maximum Gasteiger partial charge on any atom is 0.157 e. The van der Waals surface area contributed by atoms with Gasteiger partial charge < -0.3 is 0 Å². The van der Waals surface area contributed by atoms with Gasteiger partial charge in [-0.1, -0.05) is 0 Å². The van der Waals surface area contributed by atoms with E-state index in [0.717, 1.165) is 0 Å². The van der Waals surface area contributed by atoms with Gasteiger partial charge in [0.1, 0.15) is 0 Å². The van der Waals surface area contributed by atoms with E-state index in [9.17, 15) is 8.78 Å². The third-order valence-electron chi connectivity index (χ3n) is 0.776. The molecule has 1 aliphatic heterocycles. The summed E-state index contributed by atoms with van der Waals surface area (Å²) in [5.74, 6) is 0. The van der Waals surface area contributed by atoms with Gasteiger partial charge in [-0.2, -0.15) is 0 Å². The smallest absolute Gasteiger partial charge is 0.157 e. The van der Waals surface area contributed by atoms with Gasteiger partial charge >= 0.3 is 0 Å². The van der Waals surface area contributed by atoms with Crippen LogP contribution in [0.25, 0.3) is 0 Å². The van der Waals surface area contributed by atoms with Crippen molar-refractivity contribution in [2.24, 2.45) is 0 Å². The Morgan fingerprint density at radius 2 is 1.67 bits per heavy atom. The van der Waals surface area contributed by atoms with Crippen LogP contribution in [0.3, 0.4) is 0 Å². The normalized spacial score (nSPS) is 45.0. The molecule has 2 atom stereocenters. The Labute approximate surface area is 34.3 Å². The zero-order valence-electron chi connectivity index (χ0n) is 3.12. The molecule has 36 valence electrons. The van der Waals surface area contributed by atoms with Gasteiger partial charge in [0, 0.05) is 6.42 Å². The summed E-state index contributed by atoms with van der Waals surface area (Å²) >= 11 is 0. The second kappa shape index (κ2) is 1.15. The van der Waals surface area contributed by atoms with Crippen LogP contribution in [0.2, 0.25) is 0 Å². The van der Waals surface area contributed by atoms with Gasteiger partial charge in [-0.15, -0.1) is 0 Å². The van der Waals surface area contributed by atoms with Gasteiger partial charge in [-0.25, -0.2) is 8.78 Å². The van der Waals surface area contributed by atoms with Gasteiger partial charge in [-0.05, 0) is 0 Å². The lowest BCUT2D eigenvalue weighted by atomic mass is 10.2. The highest BCUT2D eigenvalue weighted by Gasteiger charge is 2.26. The summed E-state index contributed by atoms with van der Waals surface area (Å²) in [5, 5.41) is 1.97. The van der Waals surface area contributed by atoms with Crippen molar-refractivity contribution < 1.29 is 8.78 Å². The first-order valence-electron chi connectivity index (χ1n) is 1.83. The fraction of sp³-hybridized carbons (Fsp3) is 1.00. The zero-order chi connectivity index (χ0) is 4.57. The monoisotopic (exact) mass is 93.0 g/mol. The number of rotatable bonds is 0. The van der Waals surface area contributed by atoms with E-state index in [2.05, 4.69) is 0 Å². The maximum absolute atomic E-state index is 11.4. The van der Waals surface area contributed by atoms with Crippen molar-refractivity contribution in [2.45, 2.75) is 19.0 Å². The first-order chi connectivity index (χ1) is 2.79. The van der Waals surface area contributed by atoms with E-state index in [1.165, 1.54) is 0 Å². The molecule has 0 radical (unpaired) electrons. The van der Waals surface area contributed by atoms with Crippen LogP contribution in [-0.2, 0) is 0 Å². The average Bonchev–Trinajstić information content (AvgIpc) is 1.33. The molecule has 0 spiro atoms. The van der Waals surface area contributed by atoms with Gasteiger partial charge in [0.05, 0.1) is 0 Å². The predicted molar refractivity (Wildman–Crippen MR) is 17.5 cm³/mol. The second-order valence-corrected chi connectivity index (χ2v) is 1.34. The fourth-order valence-corrected chi connectivity index (χ4v) is 0.354. The van der Waals surface area contributed by atoms with E-state index < -0.39 is 12.6 Å². The summed E-state index contributed by atoms with van der Waals surface area (Å²) in [6.07, 6.45) is -2.14. The number of hydrogen-bond acceptors (Lipinski definition) is 1. The largest absolute Gasteiger partial charge is 0.258 e. The van der Waals surface area contributed by atoms with Crippen molar-refractivity contribution in [2.75, 3.05) is 0 Å². The fourth-order valence-electron chi connectivity index (χ4n) is 0.354. The molecular formula is C3H5F2N. The van der Waals surface area contributed by atoms with Gasteiger partial charge in [0.25, 0.3) is 0 Å². The Morgan fingerprint density at radius 1 is 1.33 bits per heavy atom. The SMILES string of the molecule is FC1CC(F)N1. The van der Waals surface area contributed by atoms with Gasteiger partial charge in [-0.3, -0.25) is 5.32 Å². The van der Waals surface area contributed by atoms with E-state index in [1.54, 1.807) is 0 Å². The van der Waals surface area contributed by atoms with Crippen LogP contribution in [-0.4, -0.2) is 12.6 Å². The van der Waals surface area contributed by atoms with Crippen LogP contribution in [0, 0.1) is 0 Å². The lowest BCUT2D eigenvalue weighted by Crippen LogP contribution is -2.46. The molecule has 0 saturated carbocycles. The number of hydrogen-bond donors (Lipinski definition) is 1. The van der Waals surface area contributed by atoms with Crippen molar-refractivity contribution in [3.05, 3.63) is 0 Å². The maximum atomic E-state index is 11.4. The van der Waals surface area contributed by atoms with E-state index in [4.69, 9.17) is 0 Å². The molecule has 1 nitrogen and oxygen atoms in total. The van der Waals surface area contributed by atoms with Gasteiger partial charge in [0.2, 0.25) is 0 Å². The number of nitrogens with one attached hydrogen (secondary N) is 1. The van der Waals surface area contributed by atoms with Crippen LogP contribution >= 0.6 is 0 Å². The Hall–Kier alpha value is -0.180. The van der Waals surface area contributed by atoms with Crippen LogP contribution in [0.5, 0.6) is 0 Å². The van der Waals surface area contributed by atoms with Crippen LogP contribution in [0.15, 0.2) is 0 Å². The molecule has 1 saturated heterocycles. The third-order valence-corrected chi connectivity index (χ3v) is 0.776. The summed E-state index contributed by atoms with van der Waals surface area (Å²) in [4.78, 5) is 0. The van der Waals surface area contributed by atoms with Crippen LogP contribution in [0.1, 0.15) is 6.42 Å². The van der Waals surface area contributed by atoms with Crippen molar-refractivity contribution in [1.82, 2.24) is 5.32 Å². The highest BCUT2D eigenvalue weighted by Crippen LogP contribution is 2.11. The molecule has 6 heavy (non-hydrogen) atoms. The summed E-state index contributed by atoms with van der Waals surface area (Å²) in [6.45, 7) is 0. The molecule has 1 N–H and O–H groups in total. The lowest BCUT2D eigenvalue weighted by Gasteiger charge is -2.23. The average molecular weight is 93.1 g/mol. The topological polar surface area (TPSA) is 12.0 Å². The lowest BCUT2D eigenvalue weighted by molar-refractivity contribution is 0.0434. The molecule has 0 amide bonds. The predicted octanol–water partition coefficient (Wildman–Crippen LogP) is 0.571. The summed E-state index contributed by atoms with van der Waals surface area (Å²) in [5.41, 5.74) is 0. The third kappa shape index (κ3) is 0.497. The molecule has 0 aromatic heterocycles. The molecule has 0 aromatic carbocycles. The summed E-state index contributed by atoms with van der Waals surface area (Å²) < 4.78 is 22.8. The molecule has 1 aliphatic rings. The molecular weight excluding hydrogens is 88.0 g/mol. The highest BCUT2D eigenvalue weighted by molar-refractivity contribution is 4.71. The molecule has 1 fully saturated rings.